The minimum absolute atomic E-state index is 0.214. The predicted octanol–water partition coefficient (Wildman–Crippen LogP) is 3.79. The van der Waals surface area contributed by atoms with Crippen molar-refractivity contribution < 1.29 is 19.1 Å². The second-order valence-corrected chi connectivity index (χ2v) is 6.43. The molecule has 2 rings (SSSR count). The average Bonchev–Trinajstić information content (AvgIpc) is 2.55. The highest BCUT2D eigenvalue weighted by Crippen LogP contribution is 2.32. The van der Waals surface area contributed by atoms with Crippen molar-refractivity contribution >= 4 is 11.9 Å². The van der Waals surface area contributed by atoms with Crippen LogP contribution in [0.4, 0.5) is 0 Å². The van der Waals surface area contributed by atoms with Crippen LogP contribution in [0.5, 0.6) is 0 Å². The summed E-state index contributed by atoms with van der Waals surface area (Å²) in [6.07, 6.45) is 11.0. The van der Waals surface area contributed by atoms with Crippen LogP contribution in [0.2, 0.25) is 0 Å². The molecule has 2 fully saturated rings. The number of esters is 2. The molecule has 1 saturated carbocycles. The molecule has 0 aromatic rings. The van der Waals surface area contributed by atoms with Crippen LogP contribution < -0.4 is 0 Å². The van der Waals surface area contributed by atoms with Crippen LogP contribution in [0.1, 0.15) is 64.2 Å². The first kappa shape index (κ1) is 17.0. The molecule has 2 aliphatic rings. The Kier molecular flexibility index (Phi) is 6.94. The van der Waals surface area contributed by atoms with Crippen LogP contribution >= 0.6 is 0 Å². The van der Waals surface area contributed by atoms with Gasteiger partial charge in [0.1, 0.15) is 6.10 Å². The normalized spacial score (nSPS) is 32.1. The third-order valence-corrected chi connectivity index (χ3v) is 4.78. The Morgan fingerprint density at radius 3 is 2.14 bits per heavy atom. The van der Waals surface area contributed by atoms with Crippen LogP contribution in [-0.4, -0.2) is 24.6 Å². The van der Waals surface area contributed by atoms with E-state index in [9.17, 15) is 9.59 Å². The fourth-order valence-electron chi connectivity index (χ4n) is 3.41. The van der Waals surface area contributed by atoms with Gasteiger partial charge in [-0.05, 0) is 32.1 Å². The molecule has 4 heteroatoms. The Balaban J connectivity index is 2.05. The zero-order valence-corrected chi connectivity index (χ0v) is 13.4. The van der Waals surface area contributed by atoms with Crippen molar-refractivity contribution in [2.24, 2.45) is 11.8 Å². The summed E-state index contributed by atoms with van der Waals surface area (Å²) >= 11 is 0. The highest BCUT2D eigenvalue weighted by Gasteiger charge is 2.38. The maximum atomic E-state index is 12.5. The zero-order chi connectivity index (χ0) is 15.8. The summed E-state index contributed by atoms with van der Waals surface area (Å²) in [6, 6.07) is 0. The zero-order valence-electron chi connectivity index (χ0n) is 13.4. The third-order valence-electron chi connectivity index (χ3n) is 4.78. The van der Waals surface area contributed by atoms with Crippen molar-refractivity contribution in [3.8, 4) is 0 Å². The van der Waals surface area contributed by atoms with Gasteiger partial charge in [-0.15, -0.1) is 0 Å². The van der Waals surface area contributed by atoms with Crippen LogP contribution in [0.15, 0.2) is 12.7 Å². The smallest absolute Gasteiger partial charge is 0.310 e. The van der Waals surface area contributed by atoms with Gasteiger partial charge in [-0.2, -0.15) is 0 Å². The first-order valence-electron chi connectivity index (χ1n) is 8.72. The number of carbonyl (C=O) groups excluding carboxylic acids is 2. The van der Waals surface area contributed by atoms with E-state index in [1.165, 1.54) is 0 Å². The molecule has 0 aromatic heterocycles. The predicted molar refractivity (Wildman–Crippen MR) is 84.2 cm³/mol. The highest BCUT2D eigenvalue weighted by atomic mass is 16.5. The van der Waals surface area contributed by atoms with Crippen molar-refractivity contribution in [1.29, 1.82) is 0 Å². The third kappa shape index (κ3) is 4.85. The van der Waals surface area contributed by atoms with Crippen molar-refractivity contribution in [3.63, 3.8) is 0 Å². The summed E-state index contributed by atoms with van der Waals surface area (Å²) in [5, 5.41) is 0. The highest BCUT2D eigenvalue weighted by molar-refractivity contribution is 5.82. The van der Waals surface area contributed by atoms with Gasteiger partial charge in [-0.25, -0.2) is 0 Å². The molecule has 124 valence electrons. The Bertz CT molecular complexity index is 391. The number of fused-ring (bicyclic) bond motifs is 1. The molecular weight excluding hydrogens is 280 g/mol. The molecule has 3 atom stereocenters. The molecule has 0 aromatic carbocycles. The van der Waals surface area contributed by atoms with E-state index >= 15 is 0 Å². The largest absolute Gasteiger partial charge is 0.465 e. The van der Waals surface area contributed by atoms with Gasteiger partial charge in [0.05, 0.1) is 18.4 Å². The van der Waals surface area contributed by atoms with E-state index in [1.807, 2.05) is 0 Å². The minimum Gasteiger partial charge on any atom is -0.465 e. The number of hydrogen-bond donors (Lipinski definition) is 0. The van der Waals surface area contributed by atoms with Crippen LogP contribution in [0.25, 0.3) is 0 Å². The summed E-state index contributed by atoms with van der Waals surface area (Å²) in [5.74, 6) is -1.13. The molecule has 1 unspecified atom stereocenters. The van der Waals surface area contributed by atoms with E-state index in [-0.39, 0.29) is 29.9 Å². The van der Waals surface area contributed by atoms with Gasteiger partial charge in [0.2, 0.25) is 0 Å². The molecule has 0 N–H and O–H groups in total. The summed E-state index contributed by atoms with van der Waals surface area (Å²) in [7, 11) is 0. The first-order valence-corrected chi connectivity index (χ1v) is 8.72. The van der Waals surface area contributed by atoms with Gasteiger partial charge < -0.3 is 9.47 Å². The molecule has 0 bridgehead atoms. The Labute approximate surface area is 133 Å². The quantitative estimate of drug-likeness (QED) is 0.546. The van der Waals surface area contributed by atoms with Crippen molar-refractivity contribution in [2.75, 3.05) is 6.61 Å². The lowest BCUT2D eigenvalue weighted by atomic mass is 9.79. The molecule has 0 radical (unpaired) electrons. The number of rotatable bonds is 1. The molecule has 0 spiro atoms. The lowest BCUT2D eigenvalue weighted by molar-refractivity contribution is -0.165. The van der Waals surface area contributed by atoms with E-state index in [2.05, 4.69) is 6.58 Å². The standard InChI is InChI=1S/C18H28O4/c1-2-14-10-6-4-3-5-9-13-21-17(19)15-11-7-8-12-16(15)18(20)22-14/h2,14-16H,1,3-13H2/t14?,15-,16-/m1/s1. The van der Waals surface area contributed by atoms with Crippen molar-refractivity contribution in [2.45, 2.75) is 70.3 Å². The number of carbonyl (C=O) groups is 2. The Hall–Kier alpha value is -1.32. The van der Waals surface area contributed by atoms with Gasteiger partial charge in [-0.1, -0.05) is 44.8 Å². The number of hydrogen-bond acceptors (Lipinski definition) is 4. The van der Waals surface area contributed by atoms with Gasteiger partial charge in [0.15, 0.2) is 0 Å². The Morgan fingerprint density at radius 2 is 1.41 bits per heavy atom. The SMILES string of the molecule is C=CC1CCCCCCCOC(=O)[C@@H]2CCCC[C@H]2C(=O)O1. The van der Waals surface area contributed by atoms with E-state index < -0.39 is 0 Å². The number of cyclic esters (lactones) is 2. The molecule has 1 aliphatic carbocycles. The molecule has 1 heterocycles. The van der Waals surface area contributed by atoms with Gasteiger partial charge in [-0.3, -0.25) is 9.59 Å². The Morgan fingerprint density at radius 1 is 0.818 bits per heavy atom. The fourth-order valence-corrected chi connectivity index (χ4v) is 3.41. The number of ether oxygens (including phenoxy) is 2. The molecule has 4 nitrogen and oxygen atoms in total. The van der Waals surface area contributed by atoms with Crippen molar-refractivity contribution in [3.05, 3.63) is 12.7 Å². The van der Waals surface area contributed by atoms with Gasteiger partial charge in [0.25, 0.3) is 0 Å². The van der Waals surface area contributed by atoms with Crippen LogP contribution in [-0.2, 0) is 19.1 Å². The molecule has 1 saturated heterocycles. The van der Waals surface area contributed by atoms with E-state index in [1.54, 1.807) is 6.08 Å². The van der Waals surface area contributed by atoms with Gasteiger partial charge in [0, 0.05) is 0 Å². The fraction of sp³-hybridized carbons (Fsp3) is 0.778. The summed E-state index contributed by atoms with van der Waals surface area (Å²) < 4.78 is 11.0. The van der Waals surface area contributed by atoms with E-state index in [0.29, 0.717) is 6.61 Å². The molecule has 0 amide bonds. The van der Waals surface area contributed by atoms with Crippen LogP contribution in [0.3, 0.4) is 0 Å². The molecular formula is C18H28O4. The first-order chi connectivity index (χ1) is 10.7. The monoisotopic (exact) mass is 308 g/mol. The van der Waals surface area contributed by atoms with E-state index in [4.69, 9.17) is 9.47 Å². The lowest BCUT2D eigenvalue weighted by Crippen LogP contribution is -2.36. The average molecular weight is 308 g/mol. The van der Waals surface area contributed by atoms with Crippen molar-refractivity contribution in [1.82, 2.24) is 0 Å². The van der Waals surface area contributed by atoms with Gasteiger partial charge >= 0.3 is 11.9 Å². The lowest BCUT2D eigenvalue weighted by Gasteiger charge is -2.29. The summed E-state index contributed by atoms with van der Waals surface area (Å²) in [5.41, 5.74) is 0. The maximum absolute atomic E-state index is 12.5. The summed E-state index contributed by atoms with van der Waals surface area (Å²) in [6.45, 7) is 4.25. The topological polar surface area (TPSA) is 52.6 Å². The van der Waals surface area contributed by atoms with Crippen LogP contribution in [0, 0.1) is 11.8 Å². The molecule has 1 aliphatic heterocycles. The summed E-state index contributed by atoms with van der Waals surface area (Å²) in [4.78, 5) is 24.7. The molecule has 22 heavy (non-hydrogen) atoms. The van der Waals surface area contributed by atoms with E-state index in [0.717, 1.165) is 64.2 Å². The minimum atomic E-state index is -0.341. The second-order valence-electron chi connectivity index (χ2n) is 6.43. The maximum Gasteiger partial charge on any atom is 0.310 e. The second kappa shape index (κ2) is 8.96.